The second kappa shape index (κ2) is 49.5. The molecule has 87 heavy (non-hydrogen) atoms. The molecule has 2 aliphatic heterocycles. The van der Waals surface area contributed by atoms with E-state index in [1.807, 2.05) is 26.0 Å². The number of unbranched alkanes of at least 4 members (excludes halogenated alkanes) is 36. The van der Waals surface area contributed by atoms with Crippen LogP contribution in [0.5, 0.6) is 0 Å². The molecule has 0 saturated heterocycles. The van der Waals surface area contributed by atoms with E-state index in [2.05, 4.69) is 63.9 Å². The van der Waals surface area contributed by atoms with Crippen molar-refractivity contribution in [3.63, 3.8) is 0 Å². The summed E-state index contributed by atoms with van der Waals surface area (Å²) < 4.78 is 26.3. The third-order valence-corrected chi connectivity index (χ3v) is 16.7. The van der Waals surface area contributed by atoms with Gasteiger partial charge in [-0.25, -0.2) is 29.0 Å². The van der Waals surface area contributed by atoms with Crippen LogP contribution in [0.3, 0.4) is 0 Å². The first kappa shape index (κ1) is 75.8. The molecule has 4 amide bonds. The molecule has 0 saturated carbocycles. The first-order valence-electron chi connectivity index (χ1n) is 35.1. The summed E-state index contributed by atoms with van der Waals surface area (Å²) in [7, 11) is 0. The van der Waals surface area contributed by atoms with E-state index in [4.69, 9.17) is 18.9 Å². The van der Waals surface area contributed by atoms with Crippen LogP contribution in [0.2, 0.25) is 0 Å². The lowest BCUT2D eigenvalue weighted by molar-refractivity contribution is -0.0922. The van der Waals surface area contributed by atoms with Crippen molar-refractivity contribution in [3.8, 4) is 11.5 Å². The molecule has 0 radical (unpaired) electrons. The van der Waals surface area contributed by atoms with E-state index < -0.39 is 60.5 Å². The fraction of sp³-hybridized carbons (Fsp3) is 0.797. The largest absolute Gasteiger partial charge is 0.445 e. The second-order valence-electron chi connectivity index (χ2n) is 24.5. The molecular formula is C69H120N8O10. The molecule has 0 aliphatic carbocycles. The number of aromatic nitrogens is 4. The Morgan fingerprint density at radius 1 is 0.437 bits per heavy atom. The van der Waals surface area contributed by atoms with Crippen molar-refractivity contribution in [2.45, 2.75) is 323 Å². The molecule has 3 rings (SSSR count). The van der Waals surface area contributed by atoms with E-state index in [0.717, 1.165) is 94.6 Å². The van der Waals surface area contributed by atoms with Gasteiger partial charge in [0.2, 0.25) is 0 Å². The minimum atomic E-state index is -1.65. The molecule has 0 fully saturated rings. The van der Waals surface area contributed by atoms with Crippen LogP contribution >= 0.6 is 0 Å². The van der Waals surface area contributed by atoms with Crippen LogP contribution in [0.1, 0.15) is 296 Å². The first-order valence-corrected chi connectivity index (χ1v) is 35.1. The van der Waals surface area contributed by atoms with Crippen LogP contribution in [-0.2, 0) is 25.5 Å². The molecule has 1 aromatic carbocycles. The zero-order chi connectivity index (χ0) is 63.0. The molecule has 0 spiro atoms. The molecule has 0 bridgehead atoms. The molecule has 5 N–H and O–H groups in total. The van der Waals surface area contributed by atoms with Crippen LogP contribution in [-0.4, -0.2) is 95.0 Å². The topological polar surface area (TPSA) is 234 Å². The van der Waals surface area contributed by atoms with E-state index in [1.165, 1.54) is 154 Å². The van der Waals surface area contributed by atoms with E-state index in [-0.39, 0.29) is 24.6 Å². The standard InChI is InChI=1S/C69H120N8O10/c1-7-11-15-19-23-27-31-35-39-43-47-70-66(80)84-54-60(86-68(82)72-49-45-41-37-33-29-25-21-17-13-9-3)62(87-69(83)73-50-46-42-38-34-30-26-22-18-14-10-4)59(85-67(81)71-48-44-40-36-32-28-24-20-16-12-8-2)53-77-58-52-56(6)55(5)51-57(58)74-61-63(77)75-65(79)76-64(61)78/h51-52,59-60,62H,7-50,53-54H2,1-6H3,(H,70,80)(H,71,81)(H,72,82)(H,73,83)(H,76,78,79)/t59-,60+,62-/m0/s1. The van der Waals surface area contributed by atoms with Gasteiger partial charge in [-0.2, -0.15) is 4.98 Å². The third-order valence-electron chi connectivity index (χ3n) is 16.7. The quantitative estimate of drug-likeness (QED) is 0.0202. The van der Waals surface area contributed by atoms with Crippen molar-refractivity contribution >= 4 is 35.4 Å². The van der Waals surface area contributed by atoms with Gasteiger partial charge in [-0.3, -0.25) is 9.78 Å². The summed E-state index contributed by atoms with van der Waals surface area (Å²) in [5.74, 6) is -0.114. The number of nitrogens with one attached hydrogen (secondary N) is 5. The van der Waals surface area contributed by atoms with E-state index >= 15 is 0 Å². The molecule has 18 heteroatoms. The van der Waals surface area contributed by atoms with Gasteiger partial charge >= 0.3 is 30.1 Å². The van der Waals surface area contributed by atoms with E-state index in [0.29, 0.717) is 49.9 Å². The maximum absolute atomic E-state index is 14.3. The molecule has 0 unspecified atom stereocenters. The summed E-state index contributed by atoms with van der Waals surface area (Å²) in [5, 5.41) is 11.5. The van der Waals surface area contributed by atoms with Gasteiger partial charge in [-0.05, 0) is 62.8 Å². The summed E-state index contributed by atoms with van der Waals surface area (Å²) in [4.78, 5) is 94.0. The second-order valence-corrected chi connectivity index (χ2v) is 24.5. The minimum absolute atomic E-state index is 0.114. The molecule has 2 aliphatic rings. The normalized spacial score (nSPS) is 12.4. The lowest BCUT2D eigenvalue weighted by Gasteiger charge is -2.33. The van der Waals surface area contributed by atoms with E-state index in [9.17, 15) is 28.8 Å². The van der Waals surface area contributed by atoms with Gasteiger partial charge in [-0.15, -0.1) is 0 Å². The Labute approximate surface area is 523 Å². The highest BCUT2D eigenvalue weighted by Gasteiger charge is 2.41. The summed E-state index contributed by atoms with van der Waals surface area (Å²) in [6.07, 6.45) is 36.6. The van der Waals surface area contributed by atoms with Crippen LogP contribution in [0.25, 0.3) is 22.6 Å². The highest BCUT2D eigenvalue weighted by Crippen LogP contribution is 2.27. The molecule has 18 nitrogen and oxygen atoms in total. The Hall–Kier alpha value is -5.42. The number of carbonyl (C=O) groups is 4. The van der Waals surface area contributed by atoms with Crippen LogP contribution in [0.4, 0.5) is 19.2 Å². The number of hydrogen-bond acceptors (Lipinski definition) is 12. The number of H-pyrrole nitrogens is 1. The number of fused-ring (bicyclic) bond motifs is 2. The highest BCUT2D eigenvalue weighted by molar-refractivity contribution is 5.81. The zero-order valence-electron chi connectivity index (χ0n) is 55.3. The van der Waals surface area contributed by atoms with Crippen molar-refractivity contribution < 1.29 is 38.1 Å². The Bertz CT molecular complexity index is 2380. The van der Waals surface area contributed by atoms with Crippen molar-refractivity contribution in [2.24, 2.45) is 0 Å². The van der Waals surface area contributed by atoms with Gasteiger partial charge in [0.1, 0.15) is 6.61 Å². The third kappa shape index (κ3) is 34.8. The number of hydrogen-bond donors (Lipinski definition) is 5. The molecule has 496 valence electrons. The number of aryl methyl sites for hydroxylation is 2. The first-order chi connectivity index (χ1) is 42.4. The van der Waals surface area contributed by atoms with Crippen molar-refractivity contribution in [1.82, 2.24) is 40.8 Å². The van der Waals surface area contributed by atoms with Gasteiger partial charge in [-0.1, -0.05) is 259 Å². The van der Waals surface area contributed by atoms with Gasteiger partial charge in [0.25, 0.3) is 5.56 Å². The Morgan fingerprint density at radius 3 is 1.16 bits per heavy atom. The lowest BCUT2D eigenvalue weighted by Crippen LogP contribution is -2.52. The number of carbonyl (C=O) groups excluding carboxylic acids is 4. The number of aromatic amines is 1. The average Bonchev–Trinajstić information content (AvgIpc) is 1.32. The molecule has 1 aromatic rings. The summed E-state index contributed by atoms with van der Waals surface area (Å²) in [6, 6.07) is 3.64. The van der Waals surface area contributed by atoms with Crippen molar-refractivity contribution in [1.29, 1.82) is 0 Å². The molecular weight excluding hydrogens is 1100 g/mol. The number of amides is 4. The van der Waals surface area contributed by atoms with Gasteiger partial charge < -0.3 is 44.8 Å². The average molecular weight is 1220 g/mol. The highest BCUT2D eigenvalue weighted by atomic mass is 16.6. The van der Waals surface area contributed by atoms with Gasteiger partial charge in [0.15, 0.2) is 29.8 Å². The van der Waals surface area contributed by atoms with E-state index in [1.54, 1.807) is 4.57 Å². The zero-order valence-corrected chi connectivity index (χ0v) is 55.3. The fourth-order valence-corrected chi connectivity index (χ4v) is 11.2. The molecule has 3 atom stereocenters. The summed E-state index contributed by atoms with van der Waals surface area (Å²) >= 11 is 0. The van der Waals surface area contributed by atoms with Crippen molar-refractivity contribution in [3.05, 3.63) is 44.1 Å². The maximum Gasteiger partial charge on any atom is 0.407 e. The van der Waals surface area contributed by atoms with Gasteiger partial charge in [0.05, 0.1) is 17.6 Å². The SMILES string of the molecule is CCCCCCCCCCCCNC(=O)OC[C@@H](OC(=O)NCCCCCCCCCCCC)[C@@H](OC(=O)NCCCCCCCCCCCC)[C@H](Cn1c2nc(=O)[nH]c(=O)c-2nc2cc(C)c(C)cc21)OC(=O)NCCCCCCCCCCCC. The summed E-state index contributed by atoms with van der Waals surface area (Å²) in [6.45, 7) is 12.9. The predicted molar refractivity (Wildman–Crippen MR) is 352 cm³/mol. The number of rotatable bonds is 53. The van der Waals surface area contributed by atoms with Crippen LogP contribution in [0, 0.1) is 13.8 Å². The van der Waals surface area contributed by atoms with Gasteiger partial charge in [0, 0.05) is 26.2 Å². The smallest absolute Gasteiger partial charge is 0.407 e. The number of alkyl carbamates (subject to hydrolysis) is 4. The monoisotopic (exact) mass is 1220 g/mol. The van der Waals surface area contributed by atoms with Crippen molar-refractivity contribution in [2.75, 3.05) is 32.8 Å². The Morgan fingerprint density at radius 2 is 0.770 bits per heavy atom. The Balaban J connectivity index is 2.01. The summed E-state index contributed by atoms with van der Waals surface area (Å²) in [5.41, 5.74) is 0.702. The maximum atomic E-state index is 14.3. The number of benzene rings is 1. The van der Waals surface area contributed by atoms with Crippen LogP contribution < -0.4 is 32.5 Å². The van der Waals surface area contributed by atoms with Crippen LogP contribution in [0.15, 0.2) is 21.7 Å². The minimum Gasteiger partial charge on any atom is -0.445 e. The molecule has 2 heterocycles. The lowest BCUT2D eigenvalue weighted by atomic mass is 10.1. The fourth-order valence-electron chi connectivity index (χ4n) is 11.2. The number of nitrogens with zero attached hydrogens (tertiary/aromatic N) is 3. The number of ether oxygens (including phenoxy) is 4. The predicted octanol–water partition coefficient (Wildman–Crippen LogP) is 16.9. The Kier molecular flexibility index (Phi) is 43.1. The molecule has 0 aromatic heterocycles.